The summed E-state index contributed by atoms with van der Waals surface area (Å²) in [5.41, 5.74) is 1.91. The molecule has 5 rings (SSSR count). The van der Waals surface area contributed by atoms with Crippen molar-refractivity contribution in [3.63, 3.8) is 0 Å². The smallest absolute Gasteiger partial charge is 0.255 e. The molecule has 1 fully saturated rings. The molecule has 3 aromatic heterocycles. The molecular formula is C20H18N2O7. The first-order valence-electron chi connectivity index (χ1n) is 9.12. The van der Waals surface area contributed by atoms with E-state index in [-0.39, 0.29) is 5.56 Å². The summed E-state index contributed by atoms with van der Waals surface area (Å²) in [6.07, 6.45) is -5.17. The molecule has 9 heteroatoms. The van der Waals surface area contributed by atoms with E-state index in [2.05, 4.69) is 4.98 Å². The Morgan fingerprint density at radius 1 is 1.03 bits per heavy atom. The van der Waals surface area contributed by atoms with Crippen molar-refractivity contribution in [1.29, 1.82) is 0 Å². The Bertz CT molecular complexity index is 1250. The van der Waals surface area contributed by atoms with Crippen LogP contribution in [0.4, 0.5) is 0 Å². The molecule has 9 nitrogen and oxygen atoms in total. The lowest BCUT2D eigenvalue weighted by Crippen LogP contribution is -2.60. The maximum atomic E-state index is 12.4. The summed E-state index contributed by atoms with van der Waals surface area (Å²) < 4.78 is 12.7. The molecule has 1 aliphatic rings. The van der Waals surface area contributed by atoms with Crippen LogP contribution in [0.15, 0.2) is 47.4 Å². The molecule has 5 atom stereocenters. The van der Waals surface area contributed by atoms with E-state index in [0.717, 1.165) is 10.8 Å². The normalized spacial score (nSPS) is 27.8. The Kier molecular flexibility index (Phi) is 4.16. The van der Waals surface area contributed by atoms with E-state index < -0.39 is 37.3 Å². The summed E-state index contributed by atoms with van der Waals surface area (Å²) in [5.74, 6) is 0.332. The third-order valence-electron chi connectivity index (χ3n) is 5.38. The van der Waals surface area contributed by atoms with E-state index in [1.807, 2.05) is 6.07 Å². The average molecular weight is 398 g/mol. The second-order valence-electron chi connectivity index (χ2n) is 7.09. The number of aliphatic hydroxyl groups is 4. The van der Waals surface area contributed by atoms with Crippen molar-refractivity contribution in [1.82, 2.24) is 9.38 Å². The predicted octanol–water partition coefficient (Wildman–Crippen LogP) is -0.383. The molecule has 0 amide bonds. The van der Waals surface area contributed by atoms with Gasteiger partial charge in [0, 0.05) is 23.0 Å². The maximum absolute atomic E-state index is 12.4. The van der Waals surface area contributed by atoms with Gasteiger partial charge in [0.1, 0.15) is 30.2 Å². The zero-order chi connectivity index (χ0) is 20.3. The fourth-order valence-corrected chi connectivity index (χ4v) is 3.92. The van der Waals surface area contributed by atoms with Crippen molar-refractivity contribution in [3.8, 4) is 5.75 Å². The molecule has 0 radical (unpaired) electrons. The molecule has 0 bridgehead atoms. The van der Waals surface area contributed by atoms with Crippen LogP contribution in [0.2, 0.25) is 0 Å². The average Bonchev–Trinajstić information content (AvgIpc) is 3.07. The topological polar surface area (TPSA) is 134 Å². The summed E-state index contributed by atoms with van der Waals surface area (Å²) >= 11 is 0. The SMILES string of the molecule is O=c1ccc2nccc3c4cc(O[C@@H]5O[C@@H](CO)[C@@H](O)[C@H](O)[C@H]5O)ccc4n1c23. The van der Waals surface area contributed by atoms with Crippen LogP contribution in [-0.4, -0.2) is 67.1 Å². The van der Waals surface area contributed by atoms with Crippen LogP contribution < -0.4 is 10.3 Å². The number of benzene rings is 1. The molecule has 4 aromatic rings. The lowest BCUT2D eigenvalue weighted by molar-refractivity contribution is -0.277. The number of ether oxygens (including phenoxy) is 2. The molecule has 29 heavy (non-hydrogen) atoms. The van der Waals surface area contributed by atoms with E-state index in [4.69, 9.17) is 9.47 Å². The van der Waals surface area contributed by atoms with Crippen LogP contribution in [0.5, 0.6) is 5.75 Å². The molecule has 4 heterocycles. The van der Waals surface area contributed by atoms with Gasteiger partial charge in [-0.2, -0.15) is 0 Å². The Morgan fingerprint density at radius 3 is 2.66 bits per heavy atom. The van der Waals surface area contributed by atoms with Crippen LogP contribution in [-0.2, 0) is 4.74 Å². The van der Waals surface area contributed by atoms with E-state index in [1.54, 1.807) is 34.9 Å². The zero-order valence-electron chi connectivity index (χ0n) is 15.0. The minimum absolute atomic E-state index is 0.173. The van der Waals surface area contributed by atoms with E-state index in [9.17, 15) is 25.2 Å². The maximum Gasteiger partial charge on any atom is 0.255 e. The van der Waals surface area contributed by atoms with Crippen molar-refractivity contribution >= 4 is 27.3 Å². The summed E-state index contributed by atoms with van der Waals surface area (Å²) in [6, 6.07) is 9.99. The second kappa shape index (κ2) is 6.61. The van der Waals surface area contributed by atoms with Crippen molar-refractivity contribution in [2.45, 2.75) is 30.7 Å². The minimum Gasteiger partial charge on any atom is -0.462 e. The molecule has 0 spiro atoms. The van der Waals surface area contributed by atoms with Crippen LogP contribution >= 0.6 is 0 Å². The minimum atomic E-state index is -1.53. The van der Waals surface area contributed by atoms with Crippen molar-refractivity contribution in [3.05, 3.63) is 52.9 Å². The van der Waals surface area contributed by atoms with Gasteiger partial charge >= 0.3 is 0 Å². The zero-order valence-corrected chi connectivity index (χ0v) is 15.0. The van der Waals surface area contributed by atoms with Gasteiger partial charge in [-0.1, -0.05) is 0 Å². The number of hydrogen-bond acceptors (Lipinski definition) is 8. The standard InChI is InChI=1S/C20H18N2O7/c23-8-14-17(25)18(26)19(27)20(29-14)28-9-1-3-13-11(7-9)10-5-6-21-12-2-4-15(24)22(13)16(10)12/h1-7,14,17-20,23,25-27H,8H2/t14-,17+,18-,19+,20+/m0/s1. The molecule has 0 unspecified atom stereocenters. The van der Waals surface area contributed by atoms with Gasteiger partial charge in [-0.05, 0) is 30.3 Å². The first kappa shape index (κ1) is 18.2. The van der Waals surface area contributed by atoms with Gasteiger partial charge in [-0.3, -0.25) is 14.2 Å². The number of hydrogen-bond donors (Lipinski definition) is 4. The molecule has 0 saturated carbocycles. The van der Waals surface area contributed by atoms with Gasteiger partial charge in [0.05, 0.1) is 23.2 Å². The quantitative estimate of drug-likeness (QED) is 0.367. The highest BCUT2D eigenvalue weighted by Crippen LogP contribution is 2.33. The fraction of sp³-hybridized carbons (Fsp3) is 0.300. The van der Waals surface area contributed by atoms with E-state index >= 15 is 0 Å². The molecule has 0 aliphatic carbocycles. The fourth-order valence-electron chi connectivity index (χ4n) is 3.92. The lowest BCUT2D eigenvalue weighted by Gasteiger charge is -2.39. The van der Waals surface area contributed by atoms with Gasteiger partial charge < -0.3 is 29.9 Å². The van der Waals surface area contributed by atoms with Gasteiger partial charge in [0.15, 0.2) is 0 Å². The highest BCUT2D eigenvalue weighted by molar-refractivity contribution is 6.13. The van der Waals surface area contributed by atoms with Gasteiger partial charge in [-0.25, -0.2) is 0 Å². The first-order chi connectivity index (χ1) is 14.0. The van der Waals surface area contributed by atoms with E-state index in [0.29, 0.717) is 22.3 Å². The monoisotopic (exact) mass is 398 g/mol. The molecule has 1 saturated heterocycles. The number of fused-ring (bicyclic) bond motifs is 3. The van der Waals surface area contributed by atoms with Crippen LogP contribution in [0.25, 0.3) is 27.3 Å². The molecule has 1 aliphatic heterocycles. The van der Waals surface area contributed by atoms with Crippen molar-refractivity contribution < 1.29 is 29.9 Å². The van der Waals surface area contributed by atoms with Crippen LogP contribution in [0.1, 0.15) is 0 Å². The first-order valence-corrected chi connectivity index (χ1v) is 9.12. The number of aromatic nitrogens is 2. The Labute approximate surface area is 163 Å². The summed E-state index contributed by atoms with van der Waals surface area (Å²) in [7, 11) is 0. The number of aliphatic hydroxyl groups excluding tert-OH is 4. The van der Waals surface area contributed by atoms with Gasteiger partial charge in [0.2, 0.25) is 6.29 Å². The Balaban J connectivity index is 1.59. The number of rotatable bonds is 3. The van der Waals surface area contributed by atoms with Crippen molar-refractivity contribution in [2.75, 3.05) is 6.61 Å². The van der Waals surface area contributed by atoms with Crippen molar-refractivity contribution in [2.24, 2.45) is 0 Å². The van der Waals surface area contributed by atoms with Gasteiger partial charge in [-0.15, -0.1) is 0 Å². The highest BCUT2D eigenvalue weighted by atomic mass is 16.7. The number of pyridine rings is 2. The Hall–Kier alpha value is -2.82. The summed E-state index contributed by atoms with van der Waals surface area (Å²) in [4.78, 5) is 16.7. The second-order valence-corrected chi connectivity index (χ2v) is 7.09. The molecule has 4 N–H and O–H groups in total. The molecular weight excluding hydrogens is 380 g/mol. The summed E-state index contributed by atoms with van der Waals surface area (Å²) in [6.45, 7) is -0.539. The molecule has 150 valence electrons. The third kappa shape index (κ3) is 2.67. The molecule has 1 aromatic carbocycles. The van der Waals surface area contributed by atoms with Crippen LogP contribution in [0.3, 0.4) is 0 Å². The third-order valence-corrected chi connectivity index (χ3v) is 5.38. The predicted molar refractivity (Wildman–Crippen MR) is 102 cm³/mol. The van der Waals surface area contributed by atoms with Gasteiger partial charge in [0.25, 0.3) is 5.56 Å². The summed E-state index contributed by atoms with van der Waals surface area (Å²) in [5, 5.41) is 40.9. The highest BCUT2D eigenvalue weighted by Gasteiger charge is 2.44. The largest absolute Gasteiger partial charge is 0.462 e. The van der Waals surface area contributed by atoms with Crippen LogP contribution in [0, 0.1) is 0 Å². The number of nitrogens with zero attached hydrogens (tertiary/aromatic N) is 2. The lowest BCUT2D eigenvalue weighted by atomic mass is 9.99. The van der Waals surface area contributed by atoms with E-state index in [1.165, 1.54) is 6.07 Å². The Morgan fingerprint density at radius 2 is 1.86 bits per heavy atom.